The first kappa shape index (κ1) is 15.0. The number of hydrogen-bond donors (Lipinski definition) is 1. The third-order valence-corrected chi connectivity index (χ3v) is 3.56. The number of benzene rings is 2. The zero-order valence-corrected chi connectivity index (χ0v) is 13.0. The average Bonchev–Trinajstić information content (AvgIpc) is 3.11. The highest BCUT2D eigenvalue weighted by molar-refractivity contribution is 5.44. The molecule has 0 saturated heterocycles. The molecule has 0 fully saturated rings. The number of ether oxygens (including phenoxy) is 1. The first-order valence-electron chi connectivity index (χ1n) is 7.59. The van der Waals surface area contributed by atoms with E-state index in [0.29, 0.717) is 23.8 Å². The minimum absolute atomic E-state index is 0.184. The number of para-hydroxylation sites is 2. The summed E-state index contributed by atoms with van der Waals surface area (Å²) in [7, 11) is 0. The van der Waals surface area contributed by atoms with Crippen LogP contribution in [0.15, 0.2) is 60.7 Å². The van der Waals surface area contributed by atoms with Gasteiger partial charge in [0.1, 0.15) is 11.6 Å². The van der Waals surface area contributed by atoms with Gasteiger partial charge < -0.3 is 10.1 Å². The van der Waals surface area contributed by atoms with Crippen LogP contribution in [0.5, 0.6) is 11.5 Å². The van der Waals surface area contributed by atoms with E-state index in [0.717, 1.165) is 5.56 Å². The molecule has 4 aromatic rings. The van der Waals surface area contributed by atoms with E-state index in [2.05, 4.69) is 25.9 Å². The maximum atomic E-state index is 13.8. The van der Waals surface area contributed by atoms with Crippen molar-refractivity contribution >= 4 is 11.5 Å². The zero-order chi connectivity index (χ0) is 17.1. The van der Waals surface area contributed by atoms with Gasteiger partial charge in [0.05, 0.1) is 0 Å². The Morgan fingerprint density at radius 1 is 0.960 bits per heavy atom. The fourth-order valence-corrected chi connectivity index (χ4v) is 2.33. The maximum Gasteiger partial charge on any atom is 0.200 e. The molecule has 7 nitrogen and oxygen atoms in total. The van der Waals surface area contributed by atoms with Crippen LogP contribution >= 0.6 is 0 Å². The van der Waals surface area contributed by atoms with Gasteiger partial charge in [0, 0.05) is 12.1 Å². The molecule has 2 aromatic heterocycles. The van der Waals surface area contributed by atoms with Crippen LogP contribution < -0.4 is 10.1 Å². The van der Waals surface area contributed by atoms with E-state index in [4.69, 9.17) is 4.74 Å². The van der Waals surface area contributed by atoms with Crippen molar-refractivity contribution in [2.75, 3.05) is 5.32 Å². The van der Waals surface area contributed by atoms with Crippen LogP contribution in [0, 0.1) is 5.82 Å². The molecule has 0 aliphatic rings. The van der Waals surface area contributed by atoms with Gasteiger partial charge >= 0.3 is 0 Å². The van der Waals surface area contributed by atoms with Gasteiger partial charge in [0.15, 0.2) is 17.2 Å². The molecule has 2 heterocycles. The summed E-state index contributed by atoms with van der Waals surface area (Å²) in [5, 5.41) is 18.5. The first-order valence-corrected chi connectivity index (χ1v) is 7.59. The highest BCUT2D eigenvalue weighted by atomic mass is 19.1. The Morgan fingerprint density at radius 2 is 1.76 bits per heavy atom. The van der Waals surface area contributed by atoms with Gasteiger partial charge in [-0.15, -0.1) is 14.8 Å². The third kappa shape index (κ3) is 3.23. The SMILES string of the molecule is Fc1ccccc1Oc1ccccc1CNc1ccc2nnnn2n1. The molecule has 0 unspecified atom stereocenters. The lowest BCUT2D eigenvalue weighted by molar-refractivity contribution is 0.438. The summed E-state index contributed by atoms with van der Waals surface area (Å²) in [6.45, 7) is 0.450. The smallest absolute Gasteiger partial charge is 0.200 e. The number of anilines is 1. The molecule has 4 rings (SSSR count). The number of halogens is 1. The molecule has 0 spiro atoms. The normalized spacial score (nSPS) is 10.8. The van der Waals surface area contributed by atoms with Crippen LogP contribution in [0.4, 0.5) is 10.2 Å². The van der Waals surface area contributed by atoms with Gasteiger partial charge in [0.2, 0.25) is 0 Å². The van der Waals surface area contributed by atoms with Crippen molar-refractivity contribution in [1.29, 1.82) is 0 Å². The highest BCUT2D eigenvalue weighted by Gasteiger charge is 2.08. The number of tetrazole rings is 1. The van der Waals surface area contributed by atoms with Crippen LogP contribution in [0.1, 0.15) is 5.56 Å². The van der Waals surface area contributed by atoms with Gasteiger partial charge in [-0.1, -0.05) is 30.3 Å². The Hall–Kier alpha value is -3.55. The van der Waals surface area contributed by atoms with E-state index in [9.17, 15) is 4.39 Å². The second-order valence-electron chi connectivity index (χ2n) is 5.24. The van der Waals surface area contributed by atoms with Crippen LogP contribution in [0.3, 0.4) is 0 Å². The standard InChI is InChI=1S/C17H13FN6O/c18-13-6-2-4-8-15(13)25-14-7-3-1-5-12(14)11-19-16-9-10-17-20-22-23-24(17)21-16/h1-10H,11H2,(H,19,21). The van der Waals surface area contributed by atoms with Gasteiger partial charge in [-0.3, -0.25) is 0 Å². The van der Waals surface area contributed by atoms with Gasteiger partial charge in [-0.05, 0) is 40.8 Å². The number of fused-ring (bicyclic) bond motifs is 1. The maximum absolute atomic E-state index is 13.8. The van der Waals surface area contributed by atoms with Crippen molar-refractivity contribution in [2.45, 2.75) is 6.54 Å². The lowest BCUT2D eigenvalue weighted by Gasteiger charge is -2.12. The van der Waals surface area contributed by atoms with Crippen molar-refractivity contribution in [2.24, 2.45) is 0 Å². The quantitative estimate of drug-likeness (QED) is 0.603. The Balaban J connectivity index is 1.53. The summed E-state index contributed by atoms with van der Waals surface area (Å²) in [4.78, 5) is 0. The Bertz CT molecular complexity index is 1020. The Labute approximate surface area is 142 Å². The molecule has 0 aliphatic carbocycles. The molecule has 0 saturated carbocycles. The predicted molar refractivity (Wildman–Crippen MR) is 88.8 cm³/mol. The monoisotopic (exact) mass is 336 g/mol. The van der Waals surface area contributed by atoms with E-state index >= 15 is 0 Å². The second-order valence-corrected chi connectivity index (χ2v) is 5.24. The third-order valence-electron chi connectivity index (χ3n) is 3.56. The Kier molecular flexibility index (Phi) is 3.91. The van der Waals surface area contributed by atoms with Gasteiger partial charge in [-0.2, -0.15) is 0 Å². The van der Waals surface area contributed by atoms with Crippen LogP contribution in [-0.2, 0) is 6.54 Å². The number of nitrogens with zero attached hydrogens (tertiary/aromatic N) is 5. The van der Waals surface area contributed by atoms with Crippen molar-refractivity contribution in [3.63, 3.8) is 0 Å². The second kappa shape index (κ2) is 6.52. The van der Waals surface area contributed by atoms with Crippen LogP contribution in [0.25, 0.3) is 5.65 Å². The van der Waals surface area contributed by atoms with Crippen molar-refractivity contribution in [1.82, 2.24) is 25.3 Å². The van der Waals surface area contributed by atoms with E-state index in [1.165, 1.54) is 10.7 Å². The topological polar surface area (TPSA) is 77.2 Å². The molecule has 0 amide bonds. The lowest BCUT2D eigenvalue weighted by atomic mass is 10.2. The molecular formula is C17H13FN6O. The van der Waals surface area contributed by atoms with E-state index in [-0.39, 0.29) is 5.75 Å². The number of aromatic nitrogens is 5. The summed E-state index contributed by atoms with van der Waals surface area (Å²) >= 11 is 0. The lowest BCUT2D eigenvalue weighted by Crippen LogP contribution is -2.05. The fourth-order valence-electron chi connectivity index (χ4n) is 2.33. The van der Waals surface area contributed by atoms with Gasteiger partial charge in [-0.25, -0.2) is 4.39 Å². The summed E-state index contributed by atoms with van der Waals surface area (Å²) in [5.74, 6) is 0.961. The first-order chi connectivity index (χ1) is 12.3. The zero-order valence-electron chi connectivity index (χ0n) is 13.0. The molecule has 2 aromatic carbocycles. The minimum Gasteiger partial charge on any atom is -0.454 e. The summed E-state index contributed by atoms with van der Waals surface area (Å²) in [6, 6.07) is 17.3. The molecule has 124 valence electrons. The van der Waals surface area contributed by atoms with Crippen molar-refractivity contribution in [3.8, 4) is 11.5 Å². The van der Waals surface area contributed by atoms with Gasteiger partial charge in [0.25, 0.3) is 0 Å². The molecule has 0 bridgehead atoms. The largest absolute Gasteiger partial charge is 0.454 e. The van der Waals surface area contributed by atoms with E-state index in [1.54, 1.807) is 36.4 Å². The number of hydrogen-bond acceptors (Lipinski definition) is 6. The number of nitrogens with one attached hydrogen (secondary N) is 1. The molecule has 8 heteroatoms. The van der Waals surface area contributed by atoms with Crippen LogP contribution in [-0.4, -0.2) is 25.3 Å². The molecule has 25 heavy (non-hydrogen) atoms. The summed E-state index contributed by atoms with van der Waals surface area (Å²) in [6.07, 6.45) is 0. The summed E-state index contributed by atoms with van der Waals surface area (Å²) in [5.41, 5.74) is 1.43. The van der Waals surface area contributed by atoms with E-state index in [1.807, 2.05) is 18.2 Å². The number of rotatable bonds is 5. The molecule has 1 N–H and O–H groups in total. The molecule has 0 radical (unpaired) electrons. The van der Waals surface area contributed by atoms with Crippen molar-refractivity contribution < 1.29 is 9.13 Å². The summed E-state index contributed by atoms with van der Waals surface area (Å²) < 4.78 is 20.9. The minimum atomic E-state index is -0.406. The molecular weight excluding hydrogens is 323 g/mol. The van der Waals surface area contributed by atoms with Crippen LogP contribution in [0.2, 0.25) is 0 Å². The fraction of sp³-hybridized carbons (Fsp3) is 0.0588. The van der Waals surface area contributed by atoms with E-state index < -0.39 is 5.82 Å². The molecule has 0 aliphatic heterocycles. The average molecular weight is 336 g/mol. The van der Waals surface area contributed by atoms with Crippen molar-refractivity contribution in [3.05, 3.63) is 72.0 Å². The highest BCUT2D eigenvalue weighted by Crippen LogP contribution is 2.27. The predicted octanol–water partition coefficient (Wildman–Crippen LogP) is 3.06. The molecule has 0 atom stereocenters. The Morgan fingerprint density at radius 3 is 2.64 bits per heavy atom.